The maximum Gasteiger partial charge on any atom is 0.207 e. The summed E-state index contributed by atoms with van der Waals surface area (Å²) >= 11 is 0. The lowest BCUT2D eigenvalue weighted by atomic mass is 10.0. The molecular formula is C29H53N3O2. The van der Waals surface area contributed by atoms with Crippen molar-refractivity contribution < 1.29 is 14.4 Å². The monoisotopic (exact) mass is 475 g/mol. The quantitative estimate of drug-likeness (QED) is 0.0999. The lowest BCUT2D eigenvalue weighted by Gasteiger charge is -2.32. The highest BCUT2D eigenvalue weighted by Gasteiger charge is 2.34. The summed E-state index contributed by atoms with van der Waals surface area (Å²) in [7, 11) is 0. The van der Waals surface area contributed by atoms with Crippen molar-refractivity contribution in [3.05, 3.63) is 24.6 Å². The van der Waals surface area contributed by atoms with Crippen molar-refractivity contribution in [2.45, 2.75) is 129 Å². The van der Waals surface area contributed by atoms with E-state index in [1.807, 2.05) is 6.20 Å². The molecule has 0 aliphatic carbocycles. The third-order valence-electron chi connectivity index (χ3n) is 6.94. The fourth-order valence-corrected chi connectivity index (χ4v) is 4.86. The predicted octanol–water partition coefficient (Wildman–Crippen LogP) is 6.38. The Morgan fingerprint density at radius 1 is 0.853 bits per heavy atom. The predicted molar refractivity (Wildman–Crippen MR) is 143 cm³/mol. The van der Waals surface area contributed by atoms with Gasteiger partial charge in [-0.1, -0.05) is 103 Å². The van der Waals surface area contributed by atoms with Gasteiger partial charge in [-0.3, -0.25) is 0 Å². The summed E-state index contributed by atoms with van der Waals surface area (Å²) < 4.78 is 0.234. The second kappa shape index (κ2) is 20.9. The SMILES string of the molecule is CCCCCCCCCCCCCCC/C=C/CCCCCC1=NC=C[N+]1(CCN)CC(=O)[O-]. The molecule has 0 aromatic heterocycles. The zero-order valence-electron chi connectivity index (χ0n) is 22.2. The minimum Gasteiger partial charge on any atom is -0.544 e. The van der Waals surface area contributed by atoms with Gasteiger partial charge in [0.2, 0.25) is 5.84 Å². The Balaban J connectivity index is 1.92. The number of carbonyl (C=O) groups excluding carboxylic acids is 1. The highest BCUT2D eigenvalue weighted by molar-refractivity contribution is 5.80. The molecule has 0 aromatic carbocycles. The first-order chi connectivity index (χ1) is 16.6. The van der Waals surface area contributed by atoms with Crippen molar-refractivity contribution in [1.82, 2.24) is 0 Å². The van der Waals surface area contributed by atoms with Crippen molar-refractivity contribution in [1.29, 1.82) is 0 Å². The van der Waals surface area contributed by atoms with E-state index < -0.39 is 5.97 Å². The number of quaternary nitrogens is 1. The third kappa shape index (κ3) is 14.7. The van der Waals surface area contributed by atoms with Crippen LogP contribution in [-0.4, -0.2) is 35.9 Å². The average Bonchev–Trinajstić information content (AvgIpc) is 3.19. The van der Waals surface area contributed by atoms with E-state index in [9.17, 15) is 9.90 Å². The number of aliphatic carboxylic acids is 1. The highest BCUT2D eigenvalue weighted by atomic mass is 16.4. The van der Waals surface area contributed by atoms with Gasteiger partial charge >= 0.3 is 0 Å². The topological polar surface area (TPSA) is 78.5 Å². The Morgan fingerprint density at radius 3 is 1.85 bits per heavy atom. The number of unbranched alkanes of at least 4 members (excludes halogenated alkanes) is 16. The van der Waals surface area contributed by atoms with Gasteiger partial charge in [0.1, 0.15) is 19.3 Å². The van der Waals surface area contributed by atoms with Gasteiger partial charge < -0.3 is 15.6 Å². The number of carboxylic acid groups (broad SMARTS) is 1. The molecule has 5 nitrogen and oxygen atoms in total. The largest absolute Gasteiger partial charge is 0.544 e. The van der Waals surface area contributed by atoms with Gasteiger partial charge in [-0.2, -0.15) is 0 Å². The van der Waals surface area contributed by atoms with Gasteiger partial charge in [0.25, 0.3) is 0 Å². The number of carbonyl (C=O) groups is 1. The smallest absolute Gasteiger partial charge is 0.207 e. The number of allylic oxidation sites excluding steroid dienone is 2. The van der Waals surface area contributed by atoms with Crippen molar-refractivity contribution in [2.75, 3.05) is 19.6 Å². The average molecular weight is 476 g/mol. The number of aliphatic imine (C=N–C) groups is 1. The maximum atomic E-state index is 11.2. The normalized spacial score (nSPS) is 17.6. The van der Waals surface area contributed by atoms with Crippen LogP contribution in [-0.2, 0) is 4.79 Å². The number of nitrogens with zero attached hydrogens (tertiary/aromatic N) is 2. The lowest BCUT2D eigenvalue weighted by molar-refractivity contribution is -0.780. The number of nitrogens with two attached hydrogens (primary N) is 1. The number of hydrogen-bond donors (Lipinski definition) is 1. The van der Waals surface area contributed by atoms with E-state index in [1.54, 1.807) is 6.20 Å². The van der Waals surface area contributed by atoms with E-state index in [2.05, 4.69) is 24.1 Å². The van der Waals surface area contributed by atoms with Crippen LogP contribution in [0.1, 0.15) is 129 Å². The van der Waals surface area contributed by atoms with Gasteiger partial charge in [-0.25, -0.2) is 9.48 Å². The van der Waals surface area contributed by atoms with Gasteiger partial charge in [0, 0.05) is 13.0 Å². The summed E-state index contributed by atoms with van der Waals surface area (Å²) in [4.78, 5) is 15.6. The number of amidine groups is 1. The molecule has 5 heteroatoms. The first-order valence-corrected chi connectivity index (χ1v) is 14.3. The maximum absolute atomic E-state index is 11.2. The van der Waals surface area contributed by atoms with Crippen LogP contribution >= 0.6 is 0 Å². The van der Waals surface area contributed by atoms with Crippen LogP contribution in [0.4, 0.5) is 0 Å². The van der Waals surface area contributed by atoms with Crippen molar-refractivity contribution in [3.63, 3.8) is 0 Å². The third-order valence-corrected chi connectivity index (χ3v) is 6.94. The van der Waals surface area contributed by atoms with E-state index in [0.717, 1.165) is 31.5 Å². The minimum absolute atomic E-state index is 0.0749. The van der Waals surface area contributed by atoms with Gasteiger partial charge in [-0.05, 0) is 32.1 Å². The van der Waals surface area contributed by atoms with Crippen LogP contribution < -0.4 is 10.8 Å². The second-order valence-electron chi connectivity index (χ2n) is 10.0. The molecule has 0 amide bonds. The number of rotatable bonds is 24. The van der Waals surface area contributed by atoms with Gasteiger partial charge in [-0.15, -0.1) is 0 Å². The van der Waals surface area contributed by atoms with Crippen LogP contribution in [0.15, 0.2) is 29.5 Å². The fourth-order valence-electron chi connectivity index (χ4n) is 4.86. The molecule has 1 unspecified atom stereocenters. The Labute approximate surface area is 210 Å². The molecule has 0 bridgehead atoms. The van der Waals surface area contributed by atoms with Crippen LogP contribution in [0.25, 0.3) is 0 Å². The van der Waals surface area contributed by atoms with Crippen LogP contribution in [0.5, 0.6) is 0 Å². The Morgan fingerprint density at radius 2 is 1.35 bits per heavy atom. The van der Waals surface area contributed by atoms with Crippen molar-refractivity contribution in [3.8, 4) is 0 Å². The summed E-state index contributed by atoms with van der Waals surface area (Å²) in [5.74, 6) is -0.145. The molecule has 1 aliphatic heterocycles. The molecule has 1 heterocycles. The molecule has 1 atom stereocenters. The zero-order chi connectivity index (χ0) is 24.7. The number of hydrogen-bond acceptors (Lipinski definition) is 4. The Kier molecular flexibility index (Phi) is 18.8. The van der Waals surface area contributed by atoms with Gasteiger partial charge in [0.15, 0.2) is 0 Å². The van der Waals surface area contributed by atoms with E-state index in [0.29, 0.717) is 13.1 Å². The minimum atomic E-state index is -1.05. The molecule has 34 heavy (non-hydrogen) atoms. The molecule has 0 spiro atoms. The first kappa shape index (κ1) is 30.6. The molecule has 1 rings (SSSR count). The molecule has 0 saturated carbocycles. The van der Waals surface area contributed by atoms with E-state index in [4.69, 9.17) is 5.73 Å². The fraction of sp³-hybridized carbons (Fsp3) is 0.793. The molecule has 2 N–H and O–H groups in total. The zero-order valence-corrected chi connectivity index (χ0v) is 22.2. The van der Waals surface area contributed by atoms with Crippen LogP contribution in [0.3, 0.4) is 0 Å². The molecule has 1 aliphatic rings. The van der Waals surface area contributed by atoms with Gasteiger partial charge in [0.05, 0.1) is 12.2 Å². The Hall–Kier alpha value is -1.46. The summed E-state index contributed by atoms with van der Waals surface area (Å²) in [6.07, 6.45) is 33.1. The van der Waals surface area contributed by atoms with E-state index in [-0.39, 0.29) is 11.0 Å². The van der Waals surface area contributed by atoms with E-state index >= 15 is 0 Å². The van der Waals surface area contributed by atoms with Crippen LogP contribution in [0, 0.1) is 0 Å². The second-order valence-corrected chi connectivity index (χ2v) is 10.0. The summed E-state index contributed by atoms with van der Waals surface area (Å²) in [5.41, 5.74) is 5.71. The van der Waals surface area contributed by atoms with Crippen molar-refractivity contribution in [2.24, 2.45) is 10.7 Å². The summed E-state index contributed by atoms with van der Waals surface area (Å²) in [6.45, 7) is 3.20. The number of carboxylic acids is 1. The molecule has 196 valence electrons. The summed E-state index contributed by atoms with van der Waals surface area (Å²) in [6, 6.07) is 0. The lowest BCUT2D eigenvalue weighted by Crippen LogP contribution is -2.55. The highest BCUT2D eigenvalue weighted by Crippen LogP contribution is 2.21. The van der Waals surface area contributed by atoms with Crippen molar-refractivity contribution >= 4 is 11.8 Å². The molecule has 0 aromatic rings. The Bertz CT molecular complexity index is 600. The summed E-state index contributed by atoms with van der Waals surface area (Å²) in [5, 5.41) is 11.2. The first-order valence-electron chi connectivity index (χ1n) is 14.3. The molecule has 0 saturated heterocycles. The molecular weight excluding hydrogens is 422 g/mol. The molecule has 0 radical (unpaired) electrons. The standard InChI is InChI=1S/C29H53N3O2/c1-2-3-4-5-6-7-8-9-10-11-12-13-14-15-16-17-18-19-20-21-22-28-31-24-26-32(28,25-23-30)27-29(33)34/h16-17,24,26H,2-15,18-23,25,27,30H2,1H3/b17-16+. The van der Waals surface area contributed by atoms with E-state index in [1.165, 1.54) is 96.3 Å². The van der Waals surface area contributed by atoms with Crippen LogP contribution in [0.2, 0.25) is 0 Å². The molecule has 0 fully saturated rings.